The fourth-order valence-corrected chi connectivity index (χ4v) is 3.73. The number of halogens is 1. The van der Waals surface area contributed by atoms with E-state index < -0.39 is 10.0 Å². The first kappa shape index (κ1) is 17.8. The maximum Gasteiger partial charge on any atom is 0.229 e. The average molecular weight is 370 g/mol. The number of hydrogen-bond donors (Lipinski definition) is 1. The lowest BCUT2D eigenvalue weighted by atomic mass is 10.1. The van der Waals surface area contributed by atoms with Gasteiger partial charge in [0.1, 0.15) is 0 Å². The van der Waals surface area contributed by atoms with Crippen LogP contribution in [-0.4, -0.2) is 25.7 Å². The van der Waals surface area contributed by atoms with Gasteiger partial charge >= 0.3 is 0 Å². The number of ketones is 1. The SMILES string of the molecule is CC(Sc1ccccc1Cl)C(=O)c1ccc(NS(C)(=O)=O)cc1. The lowest BCUT2D eigenvalue weighted by Crippen LogP contribution is -2.14. The molecule has 2 aromatic rings. The second-order valence-electron chi connectivity index (χ2n) is 5.01. The minimum Gasteiger partial charge on any atom is -0.293 e. The molecule has 0 aromatic heterocycles. The van der Waals surface area contributed by atoms with Gasteiger partial charge in [-0.25, -0.2) is 8.42 Å². The Balaban J connectivity index is 2.09. The molecule has 0 aliphatic rings. The fraction of sp³-hybridized carbons (Fsp3) is 0.188. The molecule has 122 valence electrons. The van der Waals surface area contributed by atoms with Crippen molar-refractivity contribution < 1.29 is 13.2 Å². The van der Waals surface area contributed by atoms with Crippen molar-refractivity contribution >= 4 is 44.9 Å². The normalized spacial score (nSPS) is 12.7. The minimum atomic E-state index is -3.33. The van der Waals surface area contributed by atoms with Crippen molar-refractivity contribution in [1.29, 1.82) is 0 Å². The quantitative estimate of drug-likeness (QED) is 0.615. The standard InChI is InChI=1S/C16H16ClNO3S2/c1-11(22-15-6-4-3-5-14(15)17)16(19)12-7-9-13(10-8-12)18-23(2,20)21/h3-11,18H,1-2H3. The van der Waals surface area contributed by atoms with Crippen LogP contribution in [0.1, 0.15) is 17.3 Å². The highest BCUT2D eigenvalue weighted by atomic mass is 35.5. The van der Waals surface area contributed by atoms with E-state index in [2.05, 4.69) is 4.72 Å². The molecule has 2 aromatic carbocycles. The Morgan fingerprint density at radius 2 is 1.74 bits per heavy atom. The van der Waals surface area contributed by atoms with Gasteiger partial charge in [-0.05, 0) is 43.3 Å². The van der Waals surface area contributed by atoms with Crippen LogP contribution in [0, 0.1) is 0 Å². The molecule has 1 atom stereocenters. The van der Waals surface area contributed by atoms with Crippen molar-refractivity contribution in [2.24, 2.45) is 0 Å². The maximum absolute atomic E-state index is 12.5. The van der Waals surface area contributed by atoms with Crippen LogP contribution in [0.4, 0.5) is 5.69 Å². The highest BCUT2D eigenvalue weighted by Crippen LogP contribution is 2.31. The number of Topliss-reactive ketones (excluding diaryl/α,β-unsaturated/α-hetero) is 1. The van der Waals surface area contributed by atoms with Crippen LogP contribution in [0.15, 0.2) is 53.4 Å². The Labute approximate surface area is 145 Å². The highest BCUT2D eigenvalue weighted by molar-refractivity contribution is 8.00. The molecule has 0 aliphatic heterocycles. The predicted molar refractivity (Wildman–Crippen MR) is 96.0 cm³/mol. The third kappa shape index (κ3) is 5.27. The van der Waals surface area contributed by atoms with E-state index >= 15 is 0 Å². The molecule has 2 rings (SSSR count). The van der Waals surface area contributed by atoms with Crippen molar-refractivity contribution in [3.8, 4) is 0 Å². The van der Waals surface area contributed by atoms with E-state index in [0.717, 1.165) is 11.2 Å². The van der Waals surface area contributed by atoms with Gasteiger partial charge in [0, 0.05) is 16.1 Å². The zero-order chi connectivity index (χ0) is 17.0. The number of nitrogens with one attached hydrogen (secondary N) is 1. The predicted octanol–water partition coefficient (Wildman–Crippen LogP) is 4.08. The molecule has 0 bridgehead atoms. The van der Waals surface area contributed by atoms with Crippen LogP contribution in [0.5, 0.6) is 0 Å². The molecule has 0 saturated carbocycles. The summed E-state index contributed by atoms with van der Waals surface area (Å²) in [7, 11) is -3.33. The van der Waals surface area contributed by atoms with E-state index in [1.54, 1.807) is 30.3 Å². The van der Waals surface area contributed by atoms with Crippen LogP contribution >= 0.6 is 23.4 Å². The summed E-state index contributed by atoms with van der Waals surface area (Å²) < 4.78 is 24.7. The van der Waals surface area contributed by atoms with Crippen molar-refractivity contribution in [3.63, 3.8) is 0 Å². The van der Waals surface area contributed by atoms with Crippen molar-refractivity contribution in [2.45, 2.75) is 17.1 Å². The van der Waals surface area contributed by atoms with Crippen LogP contribution in [0.3, 0.4) is 0 Å². The summed E-state index contributed by atoms with van der Waals surface area (Å²) in [6, 6.07) is 13.7. The van der Waals surface area contributed by atoms with E-state index in [0.29, 0.717) is 16.3 Å². The fourth-order valence-electron chi connectivity index (χ4n) is 1.94. The molecule has 0 heterocycles. The first-order chi connectivity index (χ1) is 10.8. The smallest absolute Gasteiger partial charge is 0.229 e. The van der Waals surface area contributed by atoms with Crippen LogP contribution in [0.2, 0.25) is 5.02 Å². The Kier molecular flexibility index (Phi) is 5.73. The Morgan fingerprint density at radius 3 is 2.30 bits per heavy atom. The second-order valence-corrected chi connectivity index (χ2v) is 8.54. The number of hydrogen-bond acceptors (Lipinski definition) is 4. The zero-order valence-corrected chi connectivity index (χ0v) is 15.0. The Bertz CT molecular complexity index is 804. The van der Waals surface area contributed by atoms with Gasteiger partial charge in [0.2, 0.25) is 10.0 Å². The summed E-state index contributed by atoms with van der Waals surface area (Å²) in [4.78, 5) is 13.3. The summed E-state index contributed by atoms with van der Waals surface area (Å²) in [5.74, 6) is -0.0409. The first-order valence-corrected chi connectivity index (χ1v) is 9.94. The van der Waals surface area contributed by atoms with Crippen molar-refractivity contribution in [2.75, 3.05) is 11.0 Å². The number of carbonyl (C=O) groups excluding carboxylic acids is 1. The van der Waals surface area contributed by atoms with Gasteiger partial charge in [-0.2, -0.15) is 0 Å². The molecule has 4 nitrogen and oxygen atoms in total. The highest BCUT2D eigenvalue weighted by Gasteiger charge is 2.17. The summed E-state index contributed by atoms with van der Waals surface area (Å²) in [6.07, 6.45) is 1.08. The maximum atomic E-state index is 12.5. The van der Waals surface area contributed by atoms with Gasteiger partial charge in [-0.1, -0.05) is 23.7 Å². The van der Waals surface area contributed by atoms with Crippen molar-refractivity contribution in [3.05, 3.63) is 59.1 Å². The molecule has 0 aliphatic carbocycles. The van der Waals surface area contributed by atoms with E-state index in [4.69, 9.17) is 11.6 Å². The van der Waals surface area contributed by atoms with E-state index in [-0.39, 0.29) is 11.0 Å². The molecule has 0 fully saturated rings. The molecular weight excluding hydrogens is 354 g/mol. The van der Waals surface area contributed by atoms with Gasteiger partial charge < -0.3 is 0 Å². The van der Waals surface area contributed by atoms with Gasteiger partial charge in [0.25, 0.3) is 0 Å². The number of thioether (sulfide) groups is 1. The van der Waals surface area contributed by atoms with Crippen LogP contribution < -0.4 is 4.72 Å². The topological polar surface area (TPSA) is 63.2 Å². The number of anilines is 1. The zero-order valence-electron chi connectivity index (χ0n) is 12.6. The summed E-state index contributed by atoms with van der Waals surface area (Å²) in [6.45, 7) is 1.82. The third-order valence-corrected chi connectivity index (χ3v) is 5.21. The molecule has 0 amide bonds. The van der Waals surface area contributed by atoms with Gasteiger partial charge in [0.05, 0.1) is 16.5 Å². The molecule has 1 unspecified atom stereocenters. The van der Waals surface area contributed by atoms with Crippen LogP contribution in [-0.2, 0) is 10.0 Å². The second kappa shape index (κ2) is 7.38. The van der Waals surface area contributed by atoms with E-state index in [1.165, 1.54) is 11.8 Å². The van der Waals surface area contributed by atoms with Gasteiger partial charge in [-0.3, -0.25) is 9.52 Å². The molecule has 0 saturated heterocycles. The van der Waals surface area contributed by atoms with Gasteiger partial charge in [0.15, 0.2) is 5.78 Å². The molecule has 1 N–H and O–H groups in total. The lowest BCUT2D eigenvalue weighted by molar-refractivity contribution is 0.0994. The van der Waals surface area contributed by atoms with E-state index in [9.17, 15) is 13.2 Å². The minimum absolute atomic E-state index is 0.0409. The number of benzene rings is 2. The molecule has 0 radical (unpaired) electrons. The molecule has 0 spiro atoms. The Hall–Kier alpha value is -1.50. The lowest BCUT2D eigenvalue weighted by Gasteiger charge is -2.12. The molecule has 23 heavy (non-hydrogen) atoms. The molecule has 7 heteroatoms. The monoisotopic (exact) mass is 369 g/mol. The average Bonchev–Trinajstić information content (AvgIpc) is 2.48. The number of rotatable bonds is 6. The van der Waals surface area contributed by atoms with Crippen molar-refractivity contribution in [1.82, 2.24) is 0 Å². The van der Waals surface area contributed by atoms with Gasteiger partial charge in [-0.15, -0.1) is 11.8 Å². The van der Waals surface area contributed by atoms with E-state index in [1.807, 2.05) is 25.1 Å². The summed E-state index contributed by atoms with van der Waals surface area (Å²) in [5, 5.41) is 0.313. The summed E-state index contributed by atoms with van der Waals surface area (Å²) >= 11 is 7.50. The summed E-state index contributed by atoms with van der Waals surface area (Å²) in [5.41, 5.74) is 0.951. The first-order valence-electron chi connectivity index (χ1n) is 6.79. The Morgan fingerprint density at radius 1 is 1.13 bits per heavy atom. The third-order valence-electron chi connectivity index (χ3n) is 2.98. The number of carbonyl (C=O) groups is 1. The van der Waals surface area contributed by atoms with Crippen LogP contribution in [0.25, 0.3) is 0 Å². The molecular formula is C16H16ClNO3S2. The largest absolute Gasteiger partial charge is 0.293 e. The number of sulfonamides is 1.